The van der Waals surface area contributed by atoms with Crippen molar-refractivity contribution in [1.82, 2.24) is 5.32 Å². The molecule has 104 valence electrons. The topological polar surface area (TPSA) is 65.3 Å². The van der Waals surface area contributed by atoms with Gasteiger partial charge in [0.05, 0.1) is 0 Å². The highest BCUT2D eigenvalue weighted by Gasteiger charge is 2.17. The predicted octanol–water partition coefficient (Wildman–Crippen LogP) is 1.87. The minimum atomic E-state index is -2.75. The van der Waals surface area contributed by atoms with Crippen molar-refractivity contribution in [2.45, 2.75) is 25.5 Å². The number of aliphatic hydroxyl groups excluding tert-OH is 1. The molecule has 1 aromatic carbocycles. The summed E-state index contributed by atoms with van der Waals surface area (Å²) >= 11 is 0. The van der Waals surface area contributed by atoms with Crippen LogP contribution in [0.5, 0.6) is 5.75 Å². The molecule has 2 N–H and O–H groups in total. The fourth-order valence-corrected chi connectivity index (χ4v) is 1.47. The molecule has 0 amide bonds. The first-order chi connectivity index (χ1) is 9.04. The number of aliphatic hydroxyl groups is 1. The number of nitriles is 1. The molecule has 0 heterocycles. The fraction of sp³-hybridized carbons (Fsp3) is 0.462. The summed E-state index contributed by atoms with van der Waals surface area (Å²) in [5.74, 6) is 0.574. The van der Waals surface area contributed by atoms with E-state index in [1.54, 1.807) is 24.3 Å². The molecule has 0 aliphatic heterocycles. The van der Waals surface area contributed by atoms with Gasteiger partial charge in [-0.1, -0.05) is 12.1 Å². The molecule has 0 fully saturated rings. The van der Waals surface area contributed by atoms with Crippen molar-refractivity contribution < 1.29 is 18.6 Å². The lowest BCUT2D eigenvalue weighted by atomic mass is 10.1. The molecule has 0 saturated heterocycles. The maximum atomic E-state index is 12.1. The molecule has 0 saturated carbocycles. The van der Waals surface area contributed by atoms with Gasteiger partial charge >= 0.3 is 0 Å². The number of rotatable bonds is 7. The predicted molar refractivity (Wildman–Crippen MR) is 66.0 cm³/mol. The average Bonchev–Trinajstić information content (AvgIpc) is 2.42. The van der Waals surface area contributed by atoms with Gasteiger partial charge in [0.15, 0.2) is 6.61 Å². The van der Waals surface area contributed by atoms with E-state index < -0.39 is 12.5 Å². The molecule has 0 radical (unpaired) electrons. The minimum absolute atomic E-state index is 0.0201. The van der Waals surface area contributed by atoms with Gasteiger partial charge in [0, 0.05) is 12.6 Å². The van der Waals surface area contributed by atoms with Crippen molar-refractivity contribution in [1.29, 1.82) is 5.26 Å². The molecule has 2 unspecified atom stereocenters. The minimum Gasteiger partial charge on any atom is -0.479 e. The Labute approximate surface area is 110 Å². The summed E-state index contributed by atoms with van der Waals surface area (Å²) in [7, 11) is 0. The molecule has 1 rings (SSSR count). The second kappa shape index (κ2) is 7.67. The van der Waals surface area contributed by atoms with E-state index >= 15 is 0 Å². The number of hydrogen-bond donors (Lipinski definition) is 2. The lowest BCUT2D eigenvalue weighted by molar-refractivity contribution is -0.00439. The summed E-state index contributed by atoms with van der Waals surface area (Å²) in [5, 5.41) is 20.2. The third kappa shape index (κ3) is 5.20. The Kier molecular flexibility index (Phi) is 6.19. The van der Waals surface area contributed by atoms with Crippen molar-refractivity contribution in [3.05, 3.63) is 29.8 Å². The van der Waals surface area contributed by atoms with Crippen LogP contribution in [0.15, 0.2) is 24.3 Å². The number of nitrogens with one attached hydrogen (secondary N) is 1. The van der Waals surface area contributed by atoms with E-state index in [1.165, 1.54) is 0 Å². The van der Waals surface area contributed by atoms with Gasteiger partial charge in [-0.2, -0.15) is 5.26 Å². The van der Waals surface area contributed by atoms with Crippen LogP contribution in [-0.2, 0) is 0 Å². The van der Waals surface area contributed by atoms with Crippen molar-refractivity contribution in [2.24, 2.45) is 0 Å². The van der Waals surface area contributed by atoms with Gasteiger partial charge in [-0.15, -0.1) is 0 Å². The number of alkyl halides is 2. The quantitative estimate of drug-likeness (QED) is 0.793. The molecule has 19 heavy (non-hydrogen) atoms. The highest BCUT2D eigenvalue weighted by Crippen LogP contribution is 2.17. The number of halogens is 2. The molecule has 1 aromatic rings. The van der Waals surface area contributed by atoms with Crippen LogP contribution >= 0.6 is 0 Å². The van der Waals surface area contributed by atoms with Crippen molar-refractivity contribution >= 4 is 0 Å². The maximum Gasteiger partial charge on any atom is 0.265 e. The van der Waals surface area contributed by atoms with E-state index in [4.69, 9.17) is 15.1 Å². The smallest absolute Gasteiger partial charge is 0.265 e. The zero-order chi connectivity index (χ0) is 14.3. The van der Waals surface area contributed by atoms with E-state index in [1.807, 2.05) is 13.0 Å². The molecule has 2 atom stereocenters. The first-order valence-electron chi connectivity index (χ1n) is 5.84. The second-order valence-corrected chi connectivity index (χ2v) is 4.05. The van der Waals surface area contributed by atoms with E-state index in [2.05, 4.69) is 5.32 Å². The molecule has 0 aliphatic carbocycles. The molecule has 0 aromatic heterocycles. The molecule has 0 spiro atoms. The largest absolute Gasteiger partial charge is 0.479 e. The van der Waals surface area contributed by atoms with Gasteiger partial charge in [0.1, 0.15) is 17.9 Å². The van der Waals surface area contributed by atoms with Crippen molar-refractivity contribution in [3.63, 3.8) is 0 Å². The van der Waals surface area contributed by atoms with Gasteiger partial charge in [0.25, 0.3) is 6.43 Å². The van der Waals surface area contributed by atoms with Gasteiger partial charge < -0.3 is 15.2 Å². The van der Waals surface area contributed by atoms with Gasteiger partial charge in [-0.05, 0) is 24.6 Å². The number of nitrogens with zero attached hydrogens (tertiary/aromatic N) is 1. The van der Waals surface area contributed by atoms with Crippen LogP contribution in [0.25, 0.3) is 0 Å². The number of hydrogen-bond acceptors (Lipinski definition) is 4. The third-order valence-corrected chi connectivity index (χ3v) is 2.61. The van der Waals surface area contributed by atoms with Gasteiger partial charge in [0.2, 0.25) is 0 Å². The second-order valence-electron chi connectivity index (χ2n) is 4.05. The first kappa shape index (κ1) is 15.3. The van der Waals surface area contributed by atoms with Crippen LogP contribution in [0.4, 0.5) is 8.78 Å². The van der Waals surface area contributed by atoms with Crippen LogP contribution in [0.1, 0.15) is 18.5 Å². The molecule has 6 heteroatoms. The van der Waals surface area contributed by atoms with Crippen LogP contribution in [-0.4, -0.2) is 30.8 Å². The number of benzene rings is 1. The monoisotopic (exact) mass is 270 g/mol. The van der Waals surface area contributed by atoms with E-state index in [9.17, 15) is 8.78 Å². The summed E-state index contributed by atoms with van der Waals surface area (Å²) in [4.78, 5) is 0. The Bertz CT molecular complexity index is 418. The lowest BCUT2D eigenvalue weighted by Gasteiger charge is -2.17. The van der Waals surface area contributed by atoms with E-state index in [0.29, 0.717) is 5.75 Å². The summed E-state index contributed by atoms with van der Waals surface area (Å²) in [6.07, 6.45) is -4.41. The fourth-order valence-electron chi connectivity index (χ4n) is 1.47. The molecular formula is C13H16F2N2O2. The van der Waals surface area contributed by atoms with E-state index in [-0.39, 0.29) is 19.2 Å². The summed E-state index contributed by atoms with van der Waals surface area (Å²) in [5.41, 5.74) is 0.880. The normalized spacial score (nSPS) is 13.9. The van der Waals surface area contributed by atoms with Crippen LogP contribution in [0, 0.1) is 11.3 Å². The molecule has 0 bridgehead atoms. The zero-order valence-corrected chi connectivity index (χ0v) is 10.5. The van der Waals surface area contributed by atoms with Crippen LogP contribution in [0.2, 0.25) is 0 Å². The Balaban J connectivity index is 2.49. The SMILES string of the molecule is CC(NCC(O)C(F)F)c1ccc(OCC#N)cc1. The lowest BCUT2D eigenvalue weighted by Crippen LogP contribution is -2.33. The highest BCUT2D eigenvalue weighted by molar-refractivity contribution is 5.29. The molecule has 4 nitrogen and oxygen atoms in total. The Morgan fingerprint density at radius 3 is 2.53 bits per heavy atom. The first-order valence-corrected chi connectivity index (χ1v) is 5.84. The highest BCUT2D eigenvalue weighted by atomic mass is 19.3. The van der Waals surface area contributed by atoms with Crippen molar-refractivity contribution in [2.75, 3.05) is 13.2 Å². The van der Waals surface area contributed by atoms with Crippen molar-refractivity contribution in [3.8, 4) is 11.8 Å². The zero-order valence-electron chi connectivity index (χ0n) is 10.5. The van der Waals surface area contributed by atoms with Gasteiger partial charge in [-0.3, -0.25) is 0 Å². The average molecular weight is 270 g/mol. The standard InChI is InChI=1S/C13H16F2N2O2/c1-9(17-8-12(18)13(14)15)10-2-4-11(5-3-10)19-7-6-16/h2-5,9,12-13,17-18H,7-8H2,1H3. The van der Waals surface area contributed by atoms with Gasteiger partial charge in [-0.25, -0.2) is 8.78 Å². The van der Waals surface area contributed by atoms with Crippen LogP contribution in [0.3, 0.4) is 0 Å². The Morgan fingerprint density at radius 1 is 1.37 bits per heavy atom. The van der Waals surface area contributed by atoms with Crippen LogP contribution < -0.4 is 10.1 Å². The maximum absolute atomic E-state index is 12.1. The molecule has 0 aliphatic rings. The molecular weight excluding hydrogens is 254 g/mol. The summed E-state index contributed by atoms with van der Waals surface area (Å²) in [6, 6.07) is 8.65. The summed E-state index contributed by atoms with van der Waals surface area (Å²) in [6.45, 7) is 1.61. The Hall–Kier alpha value is -1.71. The Morgan fingerprint density at radius 2 is 2.00 bits per heavy atom. The number of ether oxygens (including phenoxy) is 1. The summed E-state index contributed by atoms with van der Waals surface area (Å²) < 4.78 is 29.3. The van der Waals surface area contributed by atoms with E-state index in [0.717, 1.165) is 5.56 Å². The third-order valence-electron chi connectivity index (χ3n) is 2.61.